The van der Waals surface area contributed by atoms with Crippen molar-refractivity contribution >= 4 is 23.3 Å². The first-order valence-corrected chi connectivity index (χ1v) is 8.62. The molecule has 0 aliphatic carbocycles. The fourth-order valence-corrected chi connectivity index (χ4v) is 3.43. The van der Waals surface area contributed by atoms with E-state index in [1.165, 1.54) is 0 Å². The molecule has 0 spiro atoms. The number of nitrogens with one attached hydrogen (secondary N) is 1. The second kappa shape index (κ2) is 7.51. The van der Waals surface area contributed by atoms with E-state index >= 15 is 0 Å². The maximum atomic E-state index is 12.4. The number of hydrogen-bond donors (Lipinski definition) is 1. The molecule has 2 aliphatic heterocycles. The zero-order chi connectivity index (χ0) is 16.2. The number of urea groups is 1. The third-order valence-corrected chi connectivity index (χ3v) is 5.13. The summed E-state index contributed by atoms with van der Waals surface area (Å²) in [6.07, 6.45) is 1.06. The topological polar surface area (TPSA) is 44.8 Å². The molecule has 3 rings (SSSR count). The molecule has 2 saturated heterocycles. The van der Waals surface area contributed by atoms with Crippen molar-refractivity contribution in [3.05, 3.63) is 28.8 Å². The van der Waals surface area contributed by atoms with Crippen LogP contribution in [0.5, 0.6) is 0 Å². The fourth-order valence-electron chi connectivity index (χ4n) is 3.25. The number of carbonyl (C=O) groups is 1. The van der Waals surface area contributed by atoms with Crippen LogP contribution in [0.3, 0.4) is 0 Å². The number of nitrogens with zero attached hydrogens (tertiary/aromatic N) is 2. The van der Waals surface area contributed by atoms with Gasteiger partial charge in [0.2, 0.25) is 0 Å². The third kappa shape index (κ3) is 4.16. The Kier molecular flexibility index (Phi) is 5.41. The van der Waals surface area contributed by atoms with Crippen LogP contribution in [0.1, 0.15) is 12.0 Å². The summed E-state index contributed by atoms with van der Waals surface area (Å²) in [6.45, 7) is 8.26. The van der Waals surface area contributed by atoms with Gasteiger partial charge in [0.05, 0.1) is 23.9 Å². The minimum Gasteiger partial charge on any atom is -0.379 e. The minimum atomic E-state index is -0.0537. The first kappa shape index (κ1) is 16.6. The number of hydrogen-bond acceptors (Lipinski definition) is 3. The van der Waals surface area contributed by atoms with Gasteiger partial charge in [0.1, 0.15) is 0 Å². The van der Waals surface area contributed by atoms with Crippen LogP contribution < -0.4 is 5.32 Å². The molecule has 23 heavy (non-hydrogen) atoms. The molecule has 0 saturated carbocycles. The summed E-state index contributed by atoms with van der Waals surface area (Å²) >= 11 is 6.25. The van der Waals surface area contributed by atoms with E-state index < -0.39 is 0 Å². The lowest BCUT2D eigenvalue weighted by Crippen LogP contribution is -2.40. The number of carbonyl (C=O) groups excluding carboxylic acids is 1. The summed E-state index contributed by atoms with van der Waals surface area (Å²) in [5.41, 5.74) is 1.66. The Bertz CT molecular complexity index is 561. The molecule has 0 bridgehead atoms. The second-order valence-electron chi connectivity index (χ2n) is 6.38. The Morgan fingerprint density at radius 1 is 1.35 bits per heavy atom. The summed E-state index contributed by atoms with van der Waals surface area (Å²) in [5.74, 6) is 0.548. The Balaban J connectivity index is 1.52. The average Bonchev–Trinajstić information content (AvgIpc) is 3.01. The maximum Gasteiger partial charge on any atom is 0.321 e. The first-order chi connectivity index (χ1) is 11.1. The van der Waals surface area contributed by atoms with Gasteiger partial charge >= 0.3 is 6.03 Å². The van der Waals surface area contributed by atoms with Gasteiger partial charge in [-0.3, -0.25) is 4.90 Å². The lowest BCUT2D eigenvalue weighted by Gasteiger charge is -2.29. The van der Waals surface area contributed by atoms with Crippen LogP contribution in [-0.2, 0) is 4.74 Å². The van der Waals surface area contributed by atoms with Crippen molar-refractivity contribution in [3.63, 3.8) is 0 Å². The van der Waals surface area contributed by atoms with Crippen molar-refractivity contribution in [2.24, 2.45) is 5.92 Å². The lowest BCUT2D eigenvalue weighted by atomic mass is 10.1. The van der Waals surface area contributed by atoms with Crippen LogP contribution in [0.15, 0.2) is 18.2 Å². The van der Waals surface area contributed by atoms with Crippen molar-refractivity contribution < 1.29 is 9.53 Å². The third-order valence-electron chi connectivity index (χ3n) is 4.63. The molecule has 2 aliphatic rings. The van der Waals surface area contributed by atoms with Gasteiger partial charge in [0, 0.05) is 32.7 Å². The lowest BCUT2D eigenvalue weighted by molar-refractivity contribution is 0.0314. The van der Waals surface area contributed by atoms with Gasteiger partial charge in [0.25, 0.3) is 0 Å². The van der Waals surface area contributed by atoms with Crippen LogP contribution in [-0.4, -0.2) is 61.8 Å². The summed E-state index contributed by atoms with van der Waals surface area (Å²) in [5, 5.41) is 3.55. The average molecular weight is 338 g/mol. The Hall–Kier alpha value is -1.30. The molecular formula is C17H24ClN3O2. The molecule has 1 unspecified atom stereocenters. The van der Waals surface area contributed by atoms with E-state index in [0.29, 0.717) is 16.6 Å². The highest BCUT2D eigenvalue weighted by molar-refractivity contribution is 6.34. The number of anilines is 1. The van der Waals surface area contributed by atoms with Crippen molar-refractivity contribution in [3.8, 4) is 0 Å². The number of amides is 2. The molecule has 1 aromatic rings. The van der Waals surface area contributed by atoms with Crippen molar-refractivity contribution in [2.45, 2.75) is 13.3 Å². The smallest absolute Gasteiger partial charge is 0.321 e. The first-order valence-electron chi connectivity index (χ1n) is 8.24. The molecule has 1 aromatic carbocycles. The normalized spacial score (nSPS) is 22.3. The van der Waals surface area contributed by atoms with Gasteiger partial charge in [-0.15, -0.1) is 0 Å². The maximum absolute atomic E-state index is 12.4. The van der Waals surface area contributed by atoms with Crippen molar-refractivity contribution in [2.75, 3.05) is 51.3 Å². The summed E-state index contributed by atoms with van der Waals surface area (Å²) in [6, 6.07) is 5.63. The summed E-state index contributed by atoms with van der Waals surface area (Å²) in [7, 11) is 0. The Morgan fingerprint density at radius 2 is 2.13 bits per heavy atom. The van der Waals surface area contributed by atoms with E-state index in [1.54, 1.807) is 0 Å². The largest absolute Gasteiger partial charge is 0.379 e. The molecule has 5 nitrogen and oxygen atoms in total. The van der Waals surface area contributed by atoms with E-state index in [9.17, 15) is 4.79 Å². The van der Waals surface area contributed by atoms with E-state index in [0.717, 1.165) is 57.9 Å². The van der Waals surface area contributed by atoms with Gasteiger partial charge in [-0.2, -0.15) is 0 Å². The number of aryl methyl sites for hydroxylation is 1. The SMILES string of the molecule is Cc1cccc(NC(=O)N2CCC(CN3CCOCC3)C2)c1Cl. The Labute approximate surface area is 142 Å². The standard InChI is InChI=1S/C17H24ClN3O2/c1-13-3-2-4-15(16(13)18)19-17(22)21-6-5-14(12-21)11-20-7-9-23-10-8-20/h2-4,14H,5-12H2,1H3,(H,19,22). The molecule has 6 heteroatoms. The van der Waals surface area contributed by atoms with Crippen LogP contribution >= 0.6 is 11.6 Å². The predicted molar refractivity (Wildman–Crippen MR) is 92.1 cm³/mol. The number of halogens is 1. The monoisotopic (exact) mass is 337 g/mol. The van der Waals surface area contributed by atoms with Gasteiger partial charge < -0.3 is 15.0 Å². The van der Waals surface area contributed by atoms with E-state index in [-0.39, 0.29) is 6.03 Å². The minimum absolute atomic E-state index is 0.0537. The summed E-state index contributed by atoms with van der Waals surface area (Å²) in [4.78, 5) is 16.8. The molecule has 2 heterocycles. The fraction of sp³-hybridized carbons (Fsp3) is 0.588. The van der Waals surface area contributed by atoms with E-state index in [2.05, 4.69) is 10.2 Å². The highest BCUT2D eigenvalue weighted by Crippen LogP contribution is 2.26. The predicted octanol–water partition coefficient (Wildman–Crippen LogP) is 2.83. The van der Waals surface area contributed by atoms with E-state index in [4.69, 9.17) is 16.3 Å². The van der Waals surface area contributed by atoms with Crippen molar-refractivity contribution in [1.82, 2.24) is 9.80 Å². The van der Waals surface area contributed by atoms with Crippen molar-refractivity contribution in [1.29, 1.82) is 0 Å². The molecule has 0 radical (unpaired) electrons. The van der Waals surface area contributed by atoms with Gasteiger partial charge in [-0.05, 0) is 30.9 Å². The van der Waals surface area contributed by atoms with Gasteiger partial charge in [0.15, 0.2) is 0 Å². The number of benzene rings is 1. The van der Waals surface area contributed by atoms with Crippen LogP contribution in [0.4, 0.5) is 10.5 Å². The van der Waals surface area contributed by atoms with Crippen LogP contribution in [0, 0.1) is 12.8 Å². The van der Waals surface area contributed by atoms with E-state index in [1.807, 2.05) is 30.0 Å². The molecular weight excluding hydrogens is 314 g/mol. The molecule has 1 N–H and O–H groups in total. The number of morpholine rings is 1. The zero-order valence-corrected chi connectivity index (χ0v) is 14.3. The molecule has 1 atom stereocenters. The Morgan fingerprint density at radius 3 is 2.91 bits per heavy atom. The van der Waals surface area contributed by atoms with Crippen LogP contribution in [0.2, 0.25) is 5.02 Å². The number of likely N-dealkylation sites (tertiary alicyclic amines) is 1. The highest BCUT2D eigenvalue weighted by Gasteiger charge is 2.28. The molecule has 126 valence electrons. The summed E-state index contributed by atoms with van der Waals surface area (Å²) < 4.78 is 5.38. The van der Waals surface area contributed by atoms with Gasteiger partial charge in [-0.1, -0.05) is 23.7 Å². The molecule has 2 amide bonds. The second-order valence-corrected chi connectivity index (χ2v) is 6.76. The molecule has 2 fully saturated rings. The van der Waals surface area contributed by atoms with Crippen LogP contribution in [0.25, 0.3) is 0 Å². The molecule has 0 aromatic heterocycles. The zero-order valence-electron chi connectivity index (χ0n) is 13.6. The number of rotatable bonds is 3. The number of ether oxygens (including phenoxy) is 1. The van der Waals surface area contributed by atoms with Gasteiger partial charge in [-0.25, -0.2) is 4.79 Å². The highest BCUT2D eigenvalue weighted by atomic mass is 35.5. The quantitative estimate of drug-likeness (QED) is 0.922.